The number of aryl methyl sites for hydroxylation is 1. The molecule has 3 rings (SSSR count). The first kappa shape index (κ1) is 21.2. The van der Waals surface area contributed by atoms with Gasteiger partial charge in [-0.25, -0.2) is 9.59 Å². The van der Waals surface area contributed by atoms with Crippen molar-refractivity contribution in [1.82, 2.24) is 15.1 Å². The summed E-state index contributed by atoms with van der Waals surface area (Å²) in [6.07, 6.45) is -0.179. The Morgan fingerprint density at radius 2 is 1.97 bits per heavy atom. The molecule has 12 heteroatoms. The molecule has 1 unspecified atom stereocenters. The predicted octanol–water partition coefficient (Wildman–Crippen LogP) is -0.465. The molecule has 0 aliphatic carbocycles. The van der Waals surface area contributed by atoms with Crippen LogP contribution in [0.3, 0.4) is 0 Å². The van der Waals surface area contributed by atoms with E-state index in [0.29, 0.717) is 11.3 Å². The normalized spacial score (nSPS) is 16.2. The van der Waals surface area contributed by atoms with Crippen LogP contribution in [0, 0.1) is 0 Å². The zero-order valence-corrected chi connectivity index (χ0v) is 17.3. The molecule has 1 aliphatic rings. The number of carbonyl (C=O) groups excluding carboxylic acids is 3. The summed E-state index contributed by atoms with van der Waals surface area (Å²) in [5.41, 5.74) is 0.469. The van der Waals surface area contributed by atoms with Gasteiger partial charge in [0, 0.05) is 12.7 Å². The van der Waals surface area contributed by atoms with Gasteiger partial charge >= 0.3 is 17.3 Å². The molecule has 2 amide bonds. The van der Waals surface area contributed by atoms with Crippen LogP contribution in [0.25, 0.3) is 0 Å². The summed E-state index contributed by atoms with van der Waals surface area (Å²) in [6.45, 7) is 0.00300. The van der Waals surface area contributed by atoms with Crippen molar-refractivity contribution in [1.29, 1.82) is 0 Å². The summed E-state index contributed by atoms with van der Waals surface area (Å²) in [4.78, 5) is 51.3. The summed E-state index contributed by atoms with van der Waals surface area (Å²) < 4.78 is 10.7. The third-order valence-electron chi connectivity index (χ3n) is 4.73. The number of thiocarbonyl (C=S) groups is 1. The lowest BCUT2D eigenvalue weighted by Gasteiger charge is -2.21. The molecule has 158 valence electrons. The quantitative estimate of drug-likeness (QED) is 0.355. The number of amides is 2. The second-order valence-corrected chi connectivity index (χ2v) is 7.00. The fourth-order valence-corrected chi connectivity index (χ4v) is 3.32. The van der Waals surface area contributed by atoms with Crippen molar-refractivity contribution in [2.24, 2.45) is 7.05 Å². The van der Waals surface area contributed by atoms with Gasteiger partial charge in [-0.1, -0.05) is 4.68 Å². The molecular weight excluding hydrogens is 414 g/mol. The van der Waals surface area contributed by atoms with Gasteiger partial charge in [-0.2, -0.15) is 0 Å². The highest BCUT2D eigenvalue weighted by atomic mass is 32.1. The molecule has 0 spiro atoms. The van der Waals surface area contributed by atoms with Crippen LogP contribution in [0.4, 0.5) is 5.69 Å². The molecule has 2 aromatic rings. The van der Waals surface area contributed by atoms with Gasteiger partial charge in [-0.15, -0.1) is 0 Å². The molecule has 2 heterocycles. The molecule has 30 heavy (non-hydrogen) atoms. The molecule has 1 fully saturated rings. The average Bonchev–Trinajstić information content (AvgIpc) is 3.15. The Balaban J connectivity index is 1.73. The molecular formula is C18H20N5O6S+. The smallest absolute Gasteiger partial charge is 0.431 e. The summed E-state index contributed by atoms with van der Waals surface area (Å²) in [7, 11) is 4.38. The molecule has 1 aliphatic heterocycles. The molecule has 0 bridgehead atoms. The maximum absolute atomic E-state index is 12.6. The number of ether oxygens (including phenoxy) is 1. The third-order valence-corrected chi connectivity index (χ3v) is 5.24. The number of likely N-dealkylation sites (N-methyl/N-ethyl adjacent to an activating group) is 1. The van der Waals surface area contributed by atoms with E-state index < -0.39 is 23.5 Å². The van der Waals surface area contributed by atoms with Crippen molar-refractivity contribution in [2.75, 3.05) is 19.5 Å². The lowest BCUT2D eigenvalue weighted by atomic mass is 10.1. The highest BCUT2D eigenvalue weighted by molar-refractivity contribution is 7.80. The number of hydrogen-bond donors (Lipinski definition) is 2. The average molecular weight is 434 g/mol. The Morgan fingerprint density at radius 1 is 1.30 bits per heavy atom. The third kappa shape index (κ3) is 4.08. The van der Waals surface area contributed by atoms with Crippen LogP contribution in [0.2, 0.25) is 0 Å². The van der Waals surface area contributed by atoms with E-state index in [4.69, 9.17) is 16.7 Å². The number of benzene rings is 1. The standard InChI is InChI=1S/C18H19N5O6S/c1-21-15(25)12(23(18(21)30)9-13-17(27)29-20-22(13)2)8-14(24)19-11-6-4-10(5-7-11)16(26)28-3/h4-7,12H,8-9H2,1-3H3,(H-,19,20,24,26,27)/p+1. The summed E-state index contributed by atoms with van der Waals surface area (Å²) >= 11 is 5.31. The summed E-state index contributed by atoms with van der Waals surface area (Å²) in [5.74, 6) is -1.26. The van der Waals surface area contributed by atoms with Gasteiger partial charge in [-0.05, 0) is 41.8 Å². The number of rotatable bonds is 6. The largest absolute Gasteiger partial charge is 0.465 e. The number of nitrogens with one attached hydrogen (secondary N) is 2. The number of hydrogen-bond acceptors (Lipinski definition) is 7. The van der Waals surface area contributed by atoms with Crippen molar-refractivity contribution in [3.05, 3.63) is 45.9 Å². The number of H-pyrrole nitrogens is 1. The molecule has 2 N–H and O–H groups in total. The minimum Gasteiger partial charge on any atom is -0.465 e. The Kier molecular flexibility index (Phi) is 5.96. The van der Waals surface area contributed by atoms with Crippen LogP contribution in [0.1, 0.15) is 22.5 Å². The minimum atomic E-state index is -0.869. The van der Waals surface area contributed by atoms with E-state index in [1.165, 1.54) is 40.8 Å². The molecule has 1 saturated heterocycles. The zero-order chi connectivity index (χ0) is 22.0. The van der Waals surface area contributed by atoms with E-state index in [0.717, 1.165) is 0 Å². The summed E-state index contributed by atoms with van der Waals surface area (Å²) in [6, 6.07) is 5.27. The molecule has 1 aromatic carbocycles. The van der Waals surface area contributed by atoms with E-state index in [1.807, 2.05) is 0 Å². The number of aromatic amines is 1. The lowest BCUT2D eigenvalue weighted by Crippen LogP contribution is -2.44. The fraction of sp³-hybridized carbons (Fsp3) is 0.333. The van der Waals surface area contributed by atoms with Gasteiger partial charge in [0.05, 0.1) is 19.1 Å². The maximum atomic E-state index is 12.6. The van der Waals surface area contributed by atoms with Gasteiger partial charge in [0.1, 0.15) is 12.6 Å². The first-order valence-corrected chi connectivity index (χ1v) is 9.26. The minimum absolute atomic E-state index is 0.00300. The van der Waals surface area contributed by atoms with Crippen LogP contribution < -0.4 is 15.6 Å². The van der Waals surface area contributed by atoms with E-state index in [9.17, 15) is 19.2 Å². The van der Waals surface area contributed by atoms with Gasteiger partial charge in [0.25, 0.3) is 5.91 Å². The molecule has 0 saturated carbocycles. The lowest BCUT2D eigenvalue weighted by molar-refractivity contribution is -0.746. The van der Waals surface area contributed by atoms with Crippen LogP contribution in [-0.4, -0.2) is 58.2 Å². The Bertz CT molecular complexity index is 1060. The molecule has 1 atom stereocenters. The zero-order valence-electron chi connectivity index (χ0n) is 16.5. The first-order chi connectivity index (χ1) is 14.2. The van der Waals surface area contributed by atoms with Gasteiger partial charge in [-0.3, -0.25) is 19.0 Å². The van der Waals surface area contributed by atoms with Gasteiger partial charge < -0.3 is 15.0 Å². The van der Waals surface area contributed by atoms with E-state index in [1.54, 1.807) is 19.2 Å². The SMILES string of the molecule is COC(=O)c1ccc(NC(=O)CC2C(=O)N(C)C(=S)N2Cc2c(=O)o[nH][n+]2C)cc1. The Labute approximate surface area is 176 Å². The molecule has 0 radical (unpaired) electrons. The van der Waals surface area contributed by atoms with Gasteiger partial charge in [0.2, 0.25) is 5.91 Å². The van der Waals surface area contributed by atoms with Gasteiger partial charge in [0.15, 0.2) is 12.2 Å². The van der Waals surface area contributed by atoms with Crippen molar-refractivity contribution >= 4 is 40.8 Å². The van der Waals surface area contributed by atoms with Crippen molar-refractivity contribution in [3.63, 3.8) is 0 Å². The van der Waals surface area contributed by atoms with Crippen LogP contribution in [0.5, 0.6) is 0 Å². The van der Waals surface area contributed by atoms with E-state index in [2.05, 4.69) is 15.3 Å². The maximum Gasteiger partial charge on any atom is 0.431 e. The predicted molar refractivity (Wildman–Crippen MR) is 106 cm³/mol. The second kappa shape index (κ2) is 8.45. The second-order valence-electron chi connectivity index (χ2n) is 6.63. The number of nitrogens with zero attached hydrogens (tertiary/aromatic N) is 3. The monoisotopic (exact) mass is 434 g/mol. The van der Waals surface area contributed by atoms with Crippen LogP contribution in [-0.2, 0) is 27.9 Å². The molecule has 1 aromatic heterocycles. The van der Waals surface area contributed by atoms with E-state index in [-0.39, 0.29) is 29.7 Å². The molecule has 11 nitrogen and oxygen atoms in total. The highest BCUT2D eigenvalue weighted by Gasteiger charge is 2.43. The number of esters is 1. The highest BCUT2D eigenvalue weighted by Crippen LogP contribution is 2.21. The fourth-order valence-electron chi connectivity index (χ4n) is 3.04. The van der Waals surface area contributed by atoms with Crippen LogP contribution >= 0.6 is 12.2 Å². The van der Waals surface area contributed by atoms with Crippen molar-refractivity contribution < 1.29 is 28.3 Å². The van der Waals surface area contributed by atoms with Crippen LogP contribution in [0.15, 0.2) is 33.6 Å². The number of aromatic nitrogens is 2. The number of methoxy groups -OCH3 is 1. The number of carbonyl (C=O) groups is 3. The Hall–Kier alpha value is -3.54. The summed E-state index contributed by atoms with van der Waals surface area (Å²) in [5, 5.41) is 5.29. The topological polar surface area (TPSA) is 129 Å². The Morgan fingerprint density at radius 3 is 2.53 bits per heavy atom. The van der Waals surface area contributed by atoms with E-state index >= 15 is 0 Å². The first-order valence-electron chi connectivity index (χ1n) is 8.85. The van der Waals surface area contributed by atoms with Crippen molar-refractivity contribution in [2.45, 2.75) is 19.0 Å². The van der Waals surface area contributed by atoms with Crippen molar-refractivity contribution in [3.8, 4) is 0 Å². The number of anilines is 1.